The third kappa shape index (κ3) is 3.01. The number of carbonyl (C=O) groups is 1. The van der Waals surface area contributed by atoms with Gasteiger partial charge in [-0.3, -0.25) is 9.69 Å². The second-order valence-electron chi connectivity index (χ2n) is 4.91. The number of aryl methyl sites for hydroxylation is 1. The molecule has 1 aromatic rings. The van der Waals surface area contributed by atoms with Crippen LogP contribution in [-0.2, 0) is 11.3 Å². The average molecular weight is 284 g/mol. The maximum atomic E-state index is 11.2. The molecule has 19 heavy (non-hydrogen) atoms. The molecule has 104 valence electrons. The van der Waals surface area contributed by atoms with Gasteiger partial charge in [0.2, 0.25) is 0 Å². The standard InChI is InChI=1S/C14H18ClNO3/c1-9-6-10(13(19-2)11(15)7-9)8-16-5-3-4-12(16)14(17)18/h6-7,12H,3-5,8H2,1-2H3,(H,17,18). The summed E-state index contributed by atoms with van der Waals surface area (Å²) in [5.74, 6) is -0.112. The van der Waals surface area contributed by atoms with Crippen molar-refractivity contribution in [3.05, 3.63) is 28.3 Å². The van der Waals surface area contributed by atoms with Crippen molar-refractivity contribution in [3.63, 3.8) is 0 Å². The van der Waals surface area contributed by atoms with Gasteiger partial charge in [0.1, 0.15) is 11.8 Å². The predicted octanol–water partition coefficient (Wildman–Crippen LogP) is 2.71. The van der Waals surface area contributed by atoms with E-state index in [0.717, 1.165) is 24.1 Å². The van der Waals surface area contributed by atoms with Crippen LogP contribution in [0.5, 0.6) is 5.75 Å². The van der Waals surface area contributed by atoms with E-state index in [9.17, 15) is 9.90 Å². The minimum atomic E-state index is -0.754. The number of hydrogen-bond acceptors (Lipinski definition) is 3. The van der Waals surface area contributed by atoms with Crippen molar-refractivity contribution >= 4 is 17.6 Å². The van der Waals surface area contributed by atoms with Gasteiger partial charge >= 0.3 is 5.97 Å². The molecular weight excluding hydrogens is 266 g/mol. The van der Waals surface area contributed by atoms with E-state index in [-0.39, 0.29) is 0 Å². The quantitative estimate of drug-likeness (QED) is 0.923. The highest BCUT2D eigenvalue weighted by atomic mass is 35.5. The fourth-order valence-corrected chi connectivity index (χ4v) is 3.03. The lowest BCUT2D eigenvalue weighted by Gasteiger charge is -2.22. The molecule has 0 aromatic heterocycles. The minimum absolute atomic E-state index is 0.399. The van der Waals surface area contributed by atoms with E-state index in [1.165, 1.54) is 0 Å². The van der Waals surface area contributed by atoms with E-state index >= 15 is 0 Å². The van der Waals surface area contributed by atoms with E-state index < -0.39 is 12.0 Å². The summed E-state index contributed by atoms with van der Waals surface area (Å²) >= 11 is 6.16. The van der Waals surface area contributed by atoms with Gasteiger partial charge in [-0.05, 0) is 37.9 Å². The summed E-state index contributed by atoms with van der Waals surface area (Å²) < 4.78 is 5.33. The van der Waals surface area contributed by atoms with Crippen LogP contribution < -0.4 is 4.74 Å². The van der Waals surface area contributed by atoms with Crippen LogP contribution in [0, 0.1) is 6.92 Å². The highest BCUT2D eigenvalue weighted by Gasteiger charge is 2.31. The van der Waals surface area contributed by atoms with Gasteiger partial charge in [0.15, 0.2) is 0 Å². The number of ether oxygens (including phenoxy) is 1. The van der Waals surface area contributed by atoms with Crippen LogP contribution >= 0.6 is 11.6 Å². The summed E-state index contributed by atoms with van der Waals surface area (Å²) in [5.41, 5.74) is 1.99. The van der Waals surface area contributed by atoms with Crippen molar-refractivity contribution in [2.45, 2.75) is 32.4 Å². The zero-order valence-electron chi connectivity index (χ0n) is 11.1. The Bertz CT molecular complexity index is 490. The normalized spacial score (nSPS) is 19.6. The highest BCUT2D eigenvalue weighted by Crippen LogP contribution is 2.32. The average Bonchev–Trinajstić information content (AvgIpc) is 2.76. The van der Waals surface area contributed by atoms with Crippen molar-refractivity contribution < 1.29 is 14.6 Å². The van der Waals surface area contributed by atoms with Gasteiger partial charge in [0.25, 0.3) is 0 Å². The molecule has 1 aromatic carbocycles. The van der Waals surface area contributed by atoms with E-state index in [1.807, 2.05) is 24.0 Å². The first kappa shape index (κ1) is 14.2. The van der Waals surface area contributed by atoms with Crippen molar-refractivity contribution in [2.75, 3.05) is 13.7 Å². The molecule has 1 atom stereocenters. The second kappa shape index (κ2) is 5.80. The van der Waals surface area contributed by atoms with Crippen molar-refractivity contribution in [2.24, 2.45) is 0 Å². The summed E-state index contributed by atoms with van der Waals surface area (Å²) in [4.78, 5) is 13.2. The van der Waals surface area contributed by atoms with Gasteiger partial charge in [0.05, 0.1) is 12.1 Å². The lowest BCUT2D eigenvalue weighted by atomic mass is 10.1. The molecule has 0 aliphatic carbocycles. The zero-order chi connectivity index (χ0) is 14.0. The van der Waals surface area contributed by atoms with E-state index in [4.69, 9.17) is 16.3 Å². The number of methoxy groups -OCH3 is 1. The highest BCUT2D eigenvalue weighted by molar-refractivity contribution is 6.32. The second-order valence-corrected chi connectivity index (χ2v) is 5.31. The molecule has 0 saturated carbocycles. The molecule has 4 nitrogen and oxygen atoms in total. The van der Waals surface area contributed by atoms with Gasteiger partial charge in [0, 0.05) is 12.1 Å². The molecule has 1 aliphatic rings. The topological polar surface area (TPSA) is 49.8 Å². The number of carboxylic acid groups (broad SMARTS) is 1. The number of hydrogen-bond donors (Lipinski definition) is 1. The Labute approximate surface area is 117 Å². The predicted molar refractivity (Wildman–Crippen MR) is 73.8 cm³/mol. The van der Waals surface area contributed by atoms with Crippen LogP contribution in [0.1, 0.15) is 24.0 Å². The minimum Gasteiger partial charge on any atom is -0.495 e. The molecule has 0 bridgehead atoms. The molecule has 1 fully saturated rings. The van der Waals surface area contributed by atoms with Crippen LogP contribution in [0.3, 0.4) is 0 Å². The van der Waals surface area contributed by atoms with Crippen LogP contribution in [0.4, 0.5) is 0 Å². The molecule has 1 unspecified atom stereocenters. The molecule has 1 heterocycles. The van der Waals surface area contributed by atoms with Crippen LogP contribution in [-0.4, -0.2) is 35.7 Å². The SMILES string of the molecule is COc1c(Cl)cc(C)cc1CN1CCCC1C(=O)O. The fourth-order valence-electron chi connectivity index (χ4n) is 2.66. The molecule has 2 rings (SSSR count). The number of rotatable bonds is 4. The van der Waals surface area contributed by atoms with E-state index in [2.05, 4.69) is 0 Å². The third-order valence-corrected chi connectivity index (χ3v) is 3.77. The fraction of sp³-hybridized carbons (Fsp3) is 0.500. The first-order valence-electron chi connectivity index (χ1n) is 6.32. The number of nitrogens with zero attached hydrogens (tertiary/aromatic N) is 1. The molecule has 1 N–H and O–H groups in total. The lowest BCUT2D eigenvalue weighted by molar-refractivity contribution is -0.142. The molecular formula is C14H18ClNO3. The Morgan fingerprint density at radius 3 is 2.95 bits per heavy atom. The molecule has 0 amide bonds. The molecule has 1 aliphatic heterocycles. The van der Waals surface area contributed by atoms with Crippen molar-refractivity contribution in [3.8, 4) is 5.75 Å². The Balaban J connectivity index is 2.25. The summed E-state index contributed by atoms with van der Waals surface area (Å²) in [6.45, 7) is 3.32. The first-order valence-corrected chi connectivity index (χ1v) is 6.70. The Kier molecular flexibility index (Phi) is 4.32. The van der Waals surface area contributed by atoms with Crippen LogP contribution in [0.15, 0.2) is 12.1 Å². The summed E-state index contributed by atoms with van der Waals surface area (Å²) in [6, 6.07) is 3.45. The van der Waals surface area contributed by atoms with Crippen LogP contribution in [0.2, 0.25) is 5.02 Å². The third-order valence-electron chi connectivity index (χ3n) is 3.49. The van der Waals surface area contributed by atoms with Gasteiger partial charge in [-0.1, -0.05) is 17.7 Å². The molecule has 5 heteroatoms. The maximum absolute atomic E-state index is 11.2. The zero-order valence-corrected chi connectivity index (χ0v) is 11.9. The first-order chi connectivity index (χ1) is 9.02. The number of halogens is 1. The summed E-state index contributed by atoms with van der Waals surface area (Å²) in [7, 11) is 1.58. The molecule has 0 spiro atoms. The van der Waals surface area contributed by atoms with Gasteiger partial charge < -0.3 is 9.84 Å². The Hall–Kier alpha value is -1.26. The lowest BCUT2D eigenvalue weighted by Crippen LogP contribution is -2.35. The van der Waals surface area contributed by atoms with Gasteiger partial charge in [-0.2, -0.15) is 0 Å². The monoisotopic (exact) mass is 283 g/mol. The van der Waals surface area contributed by atoms with E-state index in [0.29, 0.717) is 23.7 Å². The number of benzene rings is 1. The summed E-state index contributed by atoms with van der Waals surface area (Å²) in [5, 5.41) is 9.77. The summed E-state index contributed by atoms with van der Waals surface area (Å²) in [6.07, 6.45) is 1.62. The molecule has 1 saturated heterocycles. The Morgan fingerprint density at radius 1 is 1.58 bits per heavy atom. The van der Waals surface area contributed by atoms with Crippen molar-refractivity contribution in [1.29, 1.82) is 0 Å². The number of carboxylic acids is 1. The maximum Gasteiger partial charge on any atom is 0.320 e. The van der Waals surface area contributed by atoms with Gasteiger partial charge in [-0.25, -0.2) is 0 Å². The number of likely N-dealkylation sites (tertiary alicyclic amines) is 1. The van der Waals surface area contributed by atoms with Crippen molar-refractivity contribution in [1.82, 2.24) is 4.90 Å². The van der Waals surface area contributed by atoms with Gasteiger partial charge in [-0.15, -0.1) is 0 Å². The van der Waals surface area contributed by atoms with E-state index in [1.54, 1.807) is 7.11 Å². The molecule has 0 radical (unpaired) electrons. The largest absolute Gasteiger partial charge is 0.495 e. The number of aliphatic carboxylic acids is 1. The van der Waals surface area contributed by atoms with Crippen LogP contribution in [0.25, 0.3) is 0 Å². The Morgan fingerprint density at radius 2 is 2.32 bits per heavy atom. The smallest absolute Gasteiger partial charge is 0.320 e.